The highest BCUT2D eigenvalue weighted by molar-refractivity contribution is 5.91. The quantitative estimate of drug-likeness (QED) is 0.760. The van der Waals surface area contributed by atoms with Crippen molar-refractivity contribution in [2.45, 2.75) is 6.54 Å². The van der Waals surface area contributed by atoms with E-state index in [-0.39, 0.29) is 18.1 Å². The number of rotatable bonds is 5. The summed E-state index contributed by atoms with van der Waals surface area (Å²) in [5.74, 6) is -0.790. The van der Waals surface area contributed by atoms with E-state index < -0.39 is 5.97 Å². The third-order valence-corrected chi connectivity index (χ3v) is 4.53. The van der Waals surface area contributed by atoms with Gasteiger partial charge in [-0.05, 0) is 23.8 Å². The normalized spacial score (nSPS) is 14.4. The average Bonchev–Trinajstić information content (AvgIpc) is 2.73. The number of esters is 1. The van der Waals surface area contributed by atoms with Gasteiger partial charge in [-0.2, -0.15) is 5.26 Å². The molecule has 1 fully saturated rings. The van der Waals surface area contributed by atoms with Gasteiger partial charge in [0.25, 0.3) is 5.91 Å². The summed E-state index contributed by atoms with van der Waals surface area (Å²) in [7, 11) is 0. The molecule has 1 heterocycles. The van der Waals surface area contributed by atoms with Crippen LogP contribution in [0.5, 0.6) is 0 Å². The standard InChI is InChI=1S/C21H21N3O3/c22-14-18-7-4-8-19(13-18)21(26)27-16-20(25)24-11-9-23(10-12-24)15-17-5-2-1-3-6-17/h1-8,13H,9-12,15-16H2. The second-order valence-electron chi connectivity index (χ2n) is 6.41. The lowest BCUT2D eigenvalue weighted by molar-refractivity contribution is -0.136. The fourth-order valence-electron chi connectivity index (χ4n) is 3.01. The first kappa shape index (κ1) is 18.6. The van der Waals surface area contributed by atoms with E-state index in [1.807, 2.05) is 24.3 Å². The van der Waals surface area contributed by atoms with E-state index in [2.05, 4.69) is 17.0 Å². The highest BCUT2D eigenvalue weighted by atomic mass is 16.5. The molecule has 1 saturated heterocycles. The van der Waals surface area contributed by atoms with Crippen LogP contribution in [0.4, 0.5) is 0 Å². The van der Waals surface area contributed by atoms with Crippen molar-refractivity contribution in [2.24, 2.45) is 0 Å². The van der Waals surface area contributed by atoms with Crippen LogP contribution in [0.3, 0.4) is 0 Å². The number of benzene rings is 2. The molecule has 3 rings (SSSR count). The minimum atomic E-state index is -0.594. The topological polar surface area (TPSA) is 73.6 Å². The largest absolute Gasteiger partial charge is 0.452 e. The van der Waals surface area contributed by atoms with Gasteiger partial charge < -0.3 is 9.64 Å². The molecule has 1 aliphatic heterocycles. The monoisotopic (exact) mass is 363 g/mol. The van der Waals surface area contributed by atoms with Crippen LogP contribution in [0.15, 0.2) is 54.6 Å². The van der Waals surface area contributed by atoms with Crippen molar-refractivity contribution in [3.8, 4) is 6.07 Å². The summed E-state index contributed by atoms with van der Waals surface area (Å²) in [5.41, 5.74) is 1.91. The van der Waals surface area contributed by atoms with Gasteiger partial charge in [-0.1, -0.05) is 36.4 Å². The molecule has 1 aliphatic rings. The Labute approximate surface area is 158 Å². The summed E-state index contributed by atoms with van der Waals surface area (Å²) in [6, 6.07) is 18.4. The van der Waals surface area contributed by atoms with E-state index in [0.717, 1.165) is 19.6 Å². The van der Waals surface area contributed by atoms with Crippen LogP contribution in [0, 0.1) is 11.3 Å². The van der Waals surface area contributed by atoms with Gasteiger partial charge in [0.05, 0.1) is 17.2 Å². The summed E-state index contributed by atoms with van der Waals surface area (Å²) in [5, 5.41) is 8.88. The molecule has 0 radical (unpaired) electrons. The molecule has 2 aromatic carbocycles. The van der Waals surface area contributed by atoms with Crippen molar-refractivity contribution in [2.75, 3.05) is 32.8 Å². The Bertz CT molecular complexity index is 837. The zero-order valence-corrected chi connectivity index (χ0v) is 15.0. The Morgan fingerprint density at radius 3 is 2.44 bits per heavy atom. The van der Waals surface area contributed by atoms with Crippen molar-refractivity contribution in [1.29, 1.82) is 5.26 Å². The zero-order valence-electron chi connectivity index (χ0n) is 15.0. The Kier molecular flexibility index (Phi) is 6.18. The van der Waals surface area contributed by atoms with E-state index in [0.29, 0.717) is 18.7 Å². The predicted octanol–water partition coefficient (Wildman–Crippen LogP) is 2.06. The van der Waals surface area contributed by atoms with Crippen LogP contribution >= 0.6 is 0 Å². The molecule has 6 heteroatoms. The number of piperazine rings is 1. The maximum absolute atomic E-state index is 12.3. The molecule has 0 atom stereocenters. The second kappa shape index (κ2) is 8.97. The zero-order chi connectivity index (χ0) is 19.1. The Morgan fingerprint density at radius 2 is 1.74 bits per heavy atom. The van der Waals surface area contributed by atoms with Crippen LogP contribution in [0.2, 0.25) is 0 Å². The minimum Gasteiger partial charge on any atom is -0.452 e. The molecule has 1 amide bonds. The molecule has 0 aromatic heterocycles. The number of amides is 1. The van der Waals surface area contributed by atoms with Gasteiger partial charge in [0.1, 0.15) is 0 Å². The van der Waals surface area contributed by atoms with E-state index in [9.17, 15) is 9.59 Å². The van der Waals surface area contributed by atoms with Gasteiger partial charge in [0.2, 0.25) is 0 Å². The molecule has 0 aliphatic carbocycles. The fraction of sp³-hybridized carbons (Fsp3) is 0.286. The predicted molar refractivity (Wildman–Crippen MR) is 99.7 cm³/mol. The van der Waals surface area contributed by atoms with Crippen molar-refractivity contribution in [3.63, 3.8) is 0 Å². The first-order chi connectivity index (χ1) is 13.2. The van der Waals surface area contributed by atoms with Crippen LogP contribution in [-0.4, -0.2) is 54.5 Å². The molecule has 0 bridgehead atoms. The van der Waals surface area contributed by atoms with Crippen LogP contribution in [0.1, 0.15) is 21.5 Å². The minimum absolute atomic E-state index is 0.195. The van der Waals surface area contributed by atoms with Crippen molar-refractivity contribution < 1.29 is 14.3 Å². The SMILES string of the molecule is N#Cc1cccc(C(=O)OCC(=O)N2CCN(Cc3ccccc3)CC2)c1. The first-order valence-corrected chi connectivity index (χ1v) is 8.87. The second-order valence-corrected chi connectivity index (χ2v) is 6.41. The molecule has 0 saturated carbocycles. The highest BCUT2D eigenvalue weighted by Gasteiger charge is 2.22. The molecular formula is C21H21N3O3. The summed E-state index contributed by atoms with van der Waals surface area (Å²) < 4.78 is 5.11. The molecular weight excluding hydrogens is 342 g/mol. The molecule has 138 valence electrons. The summed E-state index contributed by atoms with van der Waals surface area (Å²) >= 11 is 0. The van der Waals surface area contributed by atoms with Crippen LogP contribution in [0.25, 0.3) is 0 Å². The Morgan fingerprint density at radius 1 is 1.00 bits per heavy atom. The van der Waals surface area contributed by atoms with Crippen molar-refractivity contribution in [1.82, 2.24) is 9.80 Å². The van der Waals surface area contributed by atoms with Gasteiger partial charge in [-0.3, -0.25) is 9.69 Å². The molecule has 0 spiro atoms. The lowest BCUT2D eigenvalue weighted by Gasteiger charge is -2.34. The Hall–Kier alpha value is -3.17. The highest BCUT2D eigenvalue weighted by Crippen LogP contribution is 2.10. The fourth-order valence-corrected chi connectivity index (χ4v) is 3.01. The van der Waals surface area contributed by atoms with E-state index in [1.54, 1.807) is 23.1 Å². The molecule has 6 nitrogen and oxygen atoms in total. The number of nitrogens with zero attached hydrogens (tertiary/aromatic N) is 3. The van der Waals surface area contributed by atoms with E-state index in [1.165, 1.54) is 11.6 Å². The van der Waals surface area contributed by atoms with Gasteiger partial charge in [0, 0.05) is 32.7 Å². The summed E-state index contributed by atoms with van der Waals surface area (Å²) in [4.78, 5) is 28.4. The van der Waals surface area contributed by atoms with Crippen LogP contribution < -0.4 is 0 Å². The number of hydrogen-bond donors (Lipinski definition) is 0. The molecule has 2 aromatic rings. The molecule has 0 N–H and O–H groups in total. The van der Waals surface area contributed by atoms with Crippen LogP contribution in [-0.2, 0) is 16.1 Å². The van der Waals surface area contributed by atoms with Gasteiger partial charge in [0.15, 0.2) is 6.61 Å². The third-order valence-electron chi connectivity index (χ3n) is 4.53. The molecule has 0 unspecified atom stereocenters. The number of carbonyl (C=O) groups excluding carboxylic acids is 2. The number of nitriles is 1. The van der Waals surface area contributed by atoms with Gasteiger partial charge in [-0.25, -0.2) is 4.79 Å². The lowest BCUT2D eigenvalue weighted by atomic mass is 10.1. The van der Waals surface area contributed by atoms with Crippen molar-refractivity contribution >= 4 is 11.9 Å². The number of hydrogen-bond acceptors (Lipinski definition) is 5. The van der Waals surface area contributed by atoms with Gasteiger partial charge >= 0.3 is 5.97 Å². The lowest BCUT2D eigenvalue weighted by Crippen LogP contribution is -2.49. The summed E-state index contributed by atoms with van der Waals surface area (Å²) in [6.07, 6.45) is 0. The van der Waals surface area contributed by atoms with E-state index in [4.69, 9.17) is 10.00 Å². The smallest absolute Gasteiger partial charge is 0.338 e. The van der Waals surface area contributed by atoms with E-state index >= 15 is 0 Å². The Balaban J connectivity index is 1.44. The number of carbonyl (C=O) groups is 2. The third kappa shape index (κ3) is 5.16. The van der Waals surface area contributed by atoms with Crippen molar-refractivity contribution in [3.05, 3.63) is 71.3 Å². The average molecular weight is 363 g/mol. The van der Waals surface area contributed by atoms with Gasteiger partial charge in [-0.15, -0.1) is 0 Å². The first-order valence-electron chi connectivity index (χ1n) is 8.87. The maximum atomic E-state index is 12.3. The molecule has 27 heavy (non-hydrogen) atoms. The summed E-state index contributed by atoms with van der Waals surface area (Å²) in [6.45, 7) is 3.40. The maximum Gasteiger partial charge on any atom is 0.338 e. The number of ether oxygens (including phenoxy) is 1.